The summed E-state index contributed by atoms with van der Waals surface area (Å²) in [5.74, 6) is -8.22. The van der Waals surface area contributed by atoms with Crippen LogP contribution >= 0.6 is 0 Å². The van der Waals surface area contributed by atoms with E-state index in [1.165, 1.54) is 0 Å². The zero-order chi connectivity index (χ0) is 43.2. The number of carboxylic acids is 1. The SMILES string of the molecule is C.C=CC(=O)OCC(CO)(COC(=O)C=C)COC(=O)C=C.C=CC(=O)OCC(COC(=O)C=C)(COC(=O)C=C)COC(=O)/C=C/C(=O)O.O=C1C=CC(=O)O1. The van der Waals surface area contributed by atoms with Crippen molar-refractivity contribution < 1.29 is 96.1 Å². The lowest BCUT2D eigenvalue weighted by atomic mass is 9.92. The van der Waals surface area contributed by atoms with Crippen molar-refractivity contribution in [3.8, 4) is 0 Å². The van der Waals surface area contributed by atoms with Gasteiger partial charge in [0.2, 0.25) is 0 Å². The summed E-state index contributed by atoms with van der Waals surface area (Å²) < 4.78 is 38.1. The molecule has 0 unspecified atom stereocenters. The van der Waals surface area contributed by atoms with Crippen LogP contribution in [0.3, 0.4) is 0 Å². The molecule has 1 aliphatic heterocycles. The van der Waals surface area contributed by atoms with Gasteiger partial charge in [0, 0.05) is 60.8 Å². The maximum absolute atomic E-state index is 11.6. The molecule has 0 bridgehead atoms. The largest absolute Gasteiger partial charge is 0.478 e. The molecule has 0 spiro atoms. The van der Waals surface area contributed by atoms with Crippen LogP contribution in [0.1, 0.15) is 7.43 Å². The molecule has 1 aliphatic rings. The highest BCUT2D eigenvalue weighted by molar-refractivity contribution is 6.05. The number of hydrogen-bond donors (Lipinski definition) is 2. The minimum atomic E-state index is -1.48. The number of aliphatic carboxylic acids is 1. The van der Waals surface area contributed by atoms with Crippen molar-refractivity contribution in [2.45, 2.75) is 7.43 Å². The minimum Gasteiger partial charge on any atom is -0.478 e. The highest BCUT2D eigenvalue weighted by Crippen LogP contribution is 2.22. The van der Waals surface area contributed by atoms with E-state index in [0.717, 1.165) is 48.6 Å². The standard InChI is InChI=1S/C18H20O10.C14H18O7.C4H2O3.CH4/c1-4-14(21)25-9-18(10-26-15(22)5-2,11-27-16(23)6-3)12-28-17(24)8-7-13(19)20;1-4-11(16)19-8-14(7-15,9-20-12(17)5-2)10-21-13(18)6-3;5-3-1-2-4(6)7-3;/h4-8H,1-3,9-12H2,(H,19,20);4-6,15H,1-3,7-10H2;1-2H;1H4/b8-7+;;;. The van der Waals surface area contributed by atoms with Gasteiger partial charge < -0.3 is 48.1 Å². The van der Waals surface area contributed by atoms with Crippen LogP contribution in [0.25, 0.3) is 0 Å². The summed E-state index contributed by atoms with van der Waals surface area (Å²) in [6.45, 7) is 15.8. The lowest BCUT2D eigenvalue weighted by molar-refractivity contribution is -0.165. The van der Waals surface area contributed by atoms with Crippen molar-refractivity contribution in [3.05, 3.63) is 100 Å². The summed E-state index contributed by atoms with van der Waals surface area (Å²) >= 11 is 0. The van der Waals surface area contributed by atoms with Crippen LogP contribution < -0.4 is 0 Å². The number of carbonyl (C=O) groups is 10. The first kappa shape index (κ1) is 54.1. The molecule has 0 aliphatic carbocycles. The number of aliphatic hydroxyl groups excluding tert-OH is 1. The van der Waals surface area contributed by atoms with Gasteiger partial charge in [-0.05, 0) is 0 Å². The number of rotatable bonds is 23. The van der Waals surface area contributed by atoms with Gasteiger partial charge in [-0.2, -0.15) is 0 Å². The van der Waals surface area contributed by atoms with Gasteiger partial charge in [0.25, 0.3) is 0 Å². The average Bonchev–Trinajstić information content (AvgIpc) is 3.60. The van der Waals surface area contributed by atoms with Gasteiger partial charge in [0.1, 0.15) is 51.7 Å². The van der Waals surface area contributed by atoms with Crippen molar-refractivity contribution in [2.24, 2.45) is 10.8 Å². The maximum Gasteiger partial charge on any atom is 0.338 e. The van der Waals surface area contributed by atoms with Crippen LogP contribution in [0, 0.1) is 10.8 Å². The van der Waals surface area contributed by atoms with Crippen LogP contribution in [0.5, 0.6) is 0 Å². The first-order chi connectivity index (χ1) is 26.4. The number of ether oxygens (including phenoxy) is 8. The molecule has 0 aromatic rings. The van der Waals surface area contributed by atoms with Crippen molar-refractivity contribution in [1.82, 2.24) is 0 Å². The van der Waals surface area contributed by atoms with E-state index in [1.54, 1.807) is 0 Å². The molecule has 20 heteroatoms. The zero-order valence-electron chi connectivity index (χ0n) is 29.9. The molecule has 2 N–H and O–H groups in total. The number of aliphatic hydroxyl groups is 1. The van der Waals surface area contributed by atoms with E-state index in [-0.39, 0.29) is 27.2 Å². The number of cyclic esters (lactones) is 2. The van der Waals surface area contributed by atoms with E-state index < -0.39 is 104 Å². The number of hydrogen-bond acceptors (Lipinski definition) is 19. The summed E-state index contributed by atoms with van der Waals surface area (Å²) in [5, 5.41) is 18.0. The third kappa shape index (κ3) is 26.2. The van der Waals surface area contributed by atoms with Gasteiger partial charge >= 0.3 is 59.7 Å². The highest BCUT2D eigenvalue weighted by atomic mass is 16.6. The molecule has 0 saturated carbocycles. The summed E-state index contributed by atoms with van der Waals surface area (Å²) in [4.78, 5) is 109. The van der Waals surface area contributed by atoms with Crippen molar-refractivity contribution in [2.75, 3.05) is 52.9 Å². The van der Waals surface area contributed by atoms with Gasteiger partial charge in [-0.3, -0.25) is 0 Å². The Bertz CT molecular complexity index is 1440. The number of esters is 9. The van der Waals surface area contributed by atoms with E-state index in [1.807, 2.05) is 0 Å². The third-order valence-corrected chi connectivity index (χ3v) is 5.90. The van der Waals surface area contributed by atoms with E-state index in [4.69, 9.17) is 38.3 Å². The smallest absolute Gasteiger partial charge is 0.338 e. The Labute approximate surface area is 326 Å². The molecule has 1 rings (SSSR count). The average molecular weight is 809 g/mol. The van der Waals surface area contributed by atoms with Crippen molar-refractivity contribution in [1.29, 1.82) is 0 Å². The second-order valence-electron chi connectivity index (χ2n) is 10.4. The van der Waals surface area contributed by atoms with E-state index >= 15 is 0 Å². The Morgan fingerprint density at radius 1 is 0.491 bits per heavy atom. The van der Waals surface area contributed by atoms with Gasteiger partial charge in [0.05, 0.1) is 12.0 Å². The van der Waals surface area contributed by atoms with Crippen LogP contribution in [-0.2, 0) is 85.8 Å². The molecule has 0 radical (unpaired) electrons. The van der Waals surface area contributed by atoms with Crippen LogP contribution in [0.4, 0.5) is 0 Å². The summed E-state index contributed by atoms with van der Waals surface area (Å²) in [7, 11) is 0. The Hall–Kier alpha value is -7.22. The Balaban J connectivity index is -0.000000878. The second-order valence-corrected chi connectivity index (χ2v) is 10.4. The van der Waals surface area contributed by atoms with Gasteiger partial charge in [-0.1, -0.05) is 46.9 Å². The van der Waals surface area contributed by atoms with Gasteiger partial charge in [0.15, 0.2) is 0 Å². The highest BCUT2D eigenvalue weighted by Gasteiger charge is 2.38. The molecule has 1 heterocycles. The maximum atomic E-state index is 11.6. The predicted molar refractivity (Wildman–Crippen MR) is 194 cm³/mol. The lowest BCUT2D eigenvalue weighted by Gasteiger charge is -2.31. The normalized spacial score (nSPS) is 11.0. The van der Waals surface area contributed by atoms with Gasteiger partial charge in [-0.15, -0.1) is 0 Å². The Kier molecular flexibility index (Phi) is 28.6. The molecule has 0 saturated heterocycles. The molecule has 0 atom stereocenters. The second kappa shape index (κ2) is 30.1. The van der Waals surface area contributed by atoms with Crippen LogP contribution in [-0.4, -0.2) is 123 Å². The first-order valence-electron chi connectivity index (χ1n) is 15.3. The molecule has 0 fully saturated rings. The van der Waals surface area contributed by atoms with E-state index in [2.05, 4.69) is 44.2 Å². The Morgan fingerprint density at radius 2 is 0.737 bits per heavy atom. The fourth-order valence-electron chi connectivity index (χ4n) is 2.93. The fourth-order valence-corrected chi connectivity index (χ4v) is 2.93. The van der Waals surface area contributed by atoms with Crippen molar-refractivity contribution in [3.63, 3.8) is 0 Å². The molecule has 0 aromatic heterocycles. The van der Waals surface area contributed by atoms with E-state index in [9.17, 15) is 53.1 Å². The zero-order valence-corrected chi connectivity index (χ0v) is 29.9. The predicted octanol–water partition coefficient (Wildman–Crippen LogP) is 0.759. The minimum absolute atomic E-state index is 0. The first-order valence-corrected chi connectivity index (χ1v) is 15.3. The number of carbonyl (C=O) groups excluding carboxylic acids is 9. The third-order valence-electron chi connectivity index (χ3n) is 5.90. The van der Waals surface area contributed by atoms with E-state index in [0.29, 0.717) is 12.2 Å². The summed E-state index contributed by atoms with van der Waals surface area (Å²) in [5.41, 5.74) is -2.77. The topological polar surface area (TPSA) is 285 Å². The van der Waals surface area contributed by atoms with Crippen LogP contribution in [0.2, 0.25) is 0 Å². The molecule has 0 amide bonds. The molecule has 0 aromatic carbocycles. The summed E-state index contributed by atoms with van der Waals surface area (Å²) in [6, 6.07) is 0. The molecular weight excluding hydrogens is 764 g/mol. The Morgan fingerprint density at radius 3 is 0.930 bits per heavy atom. The quantitative estimate of drug-likeness (QED) is 0.0623. The lowest BCUT2D eigenvalue weighted by Crippen LogP contribution is -2.43. The van der Waals surface area contributed by atoms with Crippen LogP contribution in [0.15, 0.2) is 100 Å². The monoisotopic (exact) mass is 808 g/mol. The number of carboxylic acid groups (broad SMARTS) is 1. The van der Waals surface area contributed by atoms with Gasteiger partial charge in [-0.25, -0.2) is 47.9 Å². The van der Waals surface area contributed by atoms with Crippen molar-refractivity contribution >= 4 is 59.7 Å². The molecule has 312 valence electrons. The summed E-state index contributed by atoms with van der Waals surface area (Å²) in [6.07, 6.45) is 8.80. The molecule has 57 heavy (non-hydrogen) atoms. The molecular formula is C37H44O20. The fraction of sp³-hybridized carbons (Fsp3) is 0.297. The molecule has 20 nitrogen and oxygen atoms in total.